The van der Waals surface area contributed by atoms with Crippen LogP contribution in [0.4, 0.5) is 11.4 Å². The van der Waals surface area contributed by atoms with E-state index in [0.29, 0.717) is 11.3 Å². The Labute approximate surface area is 155 Å². The molecule has 0 aliphatic carbocycles. The number of fused-ring (bicyclic) bond motifs is 1. The fraction of sp³-hybridized carbons (Fsp3) is 0.0952. The minimum absolute atomic E-state index is 0.0545. The van der Waals surface area contributed by atoms with Gasteiger partial charge < -0.3 is 10.1 Å². The Bertz CT molecular complexity index is 987. The maximum absolute atomic E-state index is 13.1. The molecule has 6 nitrogen and oxygen atoms in total. The number of nitro groups is 1. The quantitative estimate of drug-likeness (QED) is 0.414. The second kappa shape index (κ2) is 6.92. The molecule has 6 heteroatoms. The van der Waals surface area contributed by atoms with E-state index >= 15 is 0 Å². The van der Waals surface area contributed by atoms with Crippen LogP contribution in [0.25, 0.3) is 0 Å². The Morgan fingerprint density at radius 2 is 1.59 bits per heavy atom. The third-order valence-electron chi connectivity index (χ3n) is 4.53. The van der Waals surface area contributed by atoms with Gasteiger partial charge in [-0.15, -0.1) is 0 Å². The molecule has 27 heavy (non-hydrogen) atoms. The first kappa shape index (κ1) is 16.8. The predicted molar refractivity (Wildman–Crippen MR) is 101 cm³/mol. The highest BCUT2D eigenvalue weighted by Crippen LogP contribution is 2.39. The maximum Gasteiger partial charge on any atom is 0.269 e. The zero-order valence-electron chi connectivity index (χ0n) is 14.2. The number of para-hydroxylation sites is 2. The largest absolute Gasteiger partial charge is 0.479 e. The number of rotatable bonds is 5. The molecule has 0 fully saturated rings. The number of Topliss-reactive ketones (excluding diaryl/α,β-unsaturated/α-hetero) is 1. The molecule has 0 bridgehead atoms. The molecule has 3 aromatic rings. The molecule has 1 aliphatic heterocycles. The van der Waals surface area contributed by atoms with Crippen LogP contribution in [-0.4, -0.2) is 16.8 Å². The van der Waals surface area contributed by atoms with Crippen molar-refractivity contribution in [2.75, 3.05) is 5.32 Å². The molecule has 2 unspecified atom stereocenters. The van der Waals surface area contributed by atoms with Crippen molar-refractivity contribution in [3.05, 3.63) is 100 Å². The minimum atomic E-state index is -0.760. The number of hydrogen-bond donors (Lipinski definition) is 1. The van der Waals surface area contributed by atoms with E-state index in [2.05, 4.69) is 5.32 Å². The van der Waals surface area contributed by atoms with E-state index in [9.17, 15) is 14.9 Å². The third kappa shape index (κ3) is 3.25. The van der Waals surface area contributed by atoms with E-state index in [1.807, 2.05) is 54.6 Å². The van der Waals surface area contributed by atoms with E-state index < -0.39 is 11.0 Å². The second-order valence-electron chi connectivity index (χ2n) is 6.23. The molecule has 0 aromatic heterocycles. The first-order chi connectivity index (χ1) is 13.1. The van der Waals surface area contributed by atoms with Crippen LogP contribution in [0.15, 0.2) is 78.9 Å². The molecule has 134 valence electrons. The van der Waals surface area contributed by atoms with Gasteiger partial charge >= 0.3 is 0 Å². The van der Waals surface area contributed by atoms with Gasteiger partial charge in [0.1, 0.15) is 5.75 Å². The van der Waals surface area contributed by atoms with Crippen LogP contribution in [0.1, 0.15) is 22.0 Å². The summed E-state index contributed by atoms with van der Waals surface area (Å²) in [7, 11) is 0. The third-order valence-corrected chi connectivity index (χ3v) is 4.53. The normalized spacial score (nSPS) is 17.6. The van der Waals surface area contributed by atoms with Gasteiger partial charge in [0.2, 0.25) is 5.78 Å². The van der Waals surface area contributed by atoms with E-state index in [0.717, 1.165) is 11.3 Å². The lowest BCUT2D eigenvalue weighted by atomic mass is 9.96. The SMILES string of the molecule is O=C(c1ccc([N+](=O)[O-])cc1)C1Oc2ccccc2C1Nc1ccccc1. The number of hydrogen-bond acceptors (Lipinski definition) is 5. The highest BCUT2D eigenvalue weighted by Gasteiger charge is 2.39. The van der Waals surface area contributed by atoms with Gasteiger partial charge in [-0.3, -0.25) is 14.9 Å². The average molecular weight is 360 g/mol. The van der Waals surface area contributed by atoms with Gasteiger partial charge in [0, 0.05) is 28.9 Å². The number of ketones is 1. The van der Waals surface area contributed by atoms with Crippen LogP contribution in [0.5, 0.6) is 5.75 Å². The van der Waals surface area contributed by atoms with Crippen LogP contribution in [0.2, 0.25) is 0 Å². The Morgan fingerprint density at radius 3 is 2.30 bits per heavy atom. The topological polar surface area (TPSA) is 81.5 Å². The smallest absolute Gasteiger partial charge is 0.269 e. The lowest BCUT2D eigenvalue weighted by Crippen LogP contribution is -2.33. The van der Waals surface area contributed by atoms with Crippen molar-refractivity contribution < 1.29 is 14.5 Å². The Kier molecular flexibility index (Phi) is 4.30. The van der Waals surface area contributed by atoms with Gasteiger partial charge in [-0.2, -0.15) is 0 Å². The molecule has 1 heterocycles. The number of carbonyl (C=O) groups excluding carboxylic acids is 1. The molecule has 3 aromatic carbocycles. The van der Waals surface area contributed by atoms with Crippen molar-refractivity contribution in [1.29, 1.82) is 0 Å². The first-order valence-corrected chi connectivity index (χ1v) is 8.49. The van der Waals surface area contributed by atoms with Crippen molar-refractivity contribution >= 4 is 17.2 Å². The molecule has 0 saturated heterocycles. The Hall–Kier alpha value is -3.67. The summed E-state index contributed by atoms with van der Waals surface area (Å²) in [5, 5.41) is 14.2. The fourth-order valence-corrected chi connectivity index (χ4v) is 3.20. The molecule has 2 atom stereocenters. The number of carbonyl (C=O) groups is 1. The zero-order valence-corrected chi connectivity index (χ0v) is 14.2. The summed E-state index contributed by atoms with van der Waals surface area (Å²) in [5.41, 5.74) is 2.10. The number of ether oxygens (including phenoxy) is 1. The van der Waals surface area contributed by atoms with Crippen LogP contribution < -0.4 is 10.1 Å². The summed E-state index contributed by atoms with van der Waals surface area (Å²) in [6.07, 6.45) is -0.760. The fourth-order valence-electron chi connectivity index (χ4n) is 3.20. The van der Waals surface area contributed by atoms with Crippen molar-refractivity contribution in [3.8, 4) is 5.75 Å². The van der Waals surface area contributed by atoms with Crippen LogP contribution >= 0.6 is 0 Å². The van der Waals surface area contributed by atoms with Gasteiger partial charge in [0.15, 0.2) is 6.10 Å². The molecule has 1 N–H and O–H groups in total. The van der Waals surface area contributed by atoms with E-state index in [-0.39, 0.29) is 17.5 Å². The number of anilines is 1. The summed E-state index contributed by atoms with van der Waals surface area (Å²) in [6, 6.07) is 22.4. The van der Waals surface area contributed by atoms with Gasteiger partial charge in [-0.05, 0) is 30.3 Å². The summed E-state index contributed by atoms with van der Waals surface area (Å²) in [4.78, 5) is 23.4. The lowest BCUT2D eigenvalue weighted by Gasteiger charge is -2.20. The van der Waals surface area contributed by atoms with E-state index in [4.69, 9.17) is 4.74 Å². The molecule has 0 saturated carbocycles. The molecule has 4 rings (SSSR count). The highest BCUT2D eigenvalue weighted by molar-refractivity contribution is 6.01. The van der Waals surface area contributed by atoms with Gasteiger partial charge in [0.25, 0.3) is 5.69 Å². The van der Waals surface area contributed by atoms with Crippen LogP contribution in [0.3, 0.4) is 0 Å². The molecular formula is C21H16N2O4. The maximum atomic E-state index is 13.1. The monoisotopic (exact) mass is 360 g/mol. The molecule has 0 radical (unpaired) electrons. The number of non-ortho nitro benzene ring substituents is 1. The number of benzene rings is 3. The Balaban J connectivity index is 1.65. The number of nitrogens with one attached hydrogen (secondary N) is 1. The zero-order chi connectivity index (χ0) is 18.8. The second-order valence-corrected chi connectivity index (χ2v) is 6.23. The predicted octanol–water partition coefficient (Wildman–Crippen LogP) is 4.39. The minimum Gasteiger partial charge on any atom is -0.479 e. The van der Waals surface area contributed by atoms with E-state index in [1.54, 1.807) is 0 Å². The molecular weight excluding hydrogens is 344 g/mol. The van der Waals surface area contributed by atoms with Gasteiger partial charge in [0.05, 0.1) is 11.0 Å². The molecule has 1 aliphatic rings. The first-order valence-electron chi connectivity index (χ1n) is 8.49. The summed E-state index contributed by atoms with van der Waals surface area (Å²) >= 11 is 0. The van der Waals surface area contributed by atoms with Crippen molar-refractivity contribution in [2.45, 2.75) is 12.1 Å². The Morgan fingerprint density at radius 1 is 0.926 bits per heavy atom. The highest BCUT2D eigenvalue weighted by atomic mass is 16.6. The number of nitrogens with zero attached hydrogens (tertiary/aromatic N) is 1. The standard InChI is InChI=1S/C21H16N2O4/c24-20(14-10-12-16(13-11-14)23(25)26)21-19(22-15-6-2-1-3-7-15)17-8-4-5-9-18(17)27-21/h1-13,19,21-22H. The molecule has 0 spiro atoms. The van der Waals surface area contributed by atoms with Crippen LogP contribution in [-0.2, 0) is 0 Å². The average Bonchev–Trinajstić information content (AvgIpc) is 3.07. The van der Waals surface area contributed by atoms with Crippen molar-refractivity contribution in [2.24, 2.45) is 0 Å². The van der Waals surface area contributed by atoms with Gasteiger partial charge in [-0.1, -0.05) is 36.4 Å². The summed E-state index contributed by atoms with van der Waals surface area (Å²) < 4.78 is 5.94. The lowest BCUT2D eigenvalue weighted by molar-refractivity contribution is -0.384. The van der Waals surface area contributed by atoms with Gasteiger partial charge in [-0.25, -0.2) is 0 Å². The summed E-state index contributed by atoms with van der Waals surface area (Å²) in [6.45, 7) is 0. The van der Waals surface area contributed by atoms with Crippen molar-refractivity contribution in [1.82, 2.24) is 0 Å². The van der Waals surface area contributed by atoms with Crippen molar-refractivity contribution in [3.63, 3.8) is 0 Å². The van der Waals surface area contributed by atoms with E-state index in [1.165, 1.54) is 24.3 Å². The number of nitro benzene ring substituents is 1. The molecule has 0 amide bonds. The summed E-state index contributed by atoms with van der Waals surface area (Å²) in [5.74, 6) is 0.431. The van der Waals surface area contributed by atoms with Crippen LogP contribution in [0, 0.1) is 10.1 Å².